The number of thioether (sulfide) groups is 1. The second-order valence-corrected chi connectivity index (χ2v) is 7.68. The van der Waals surface area contributed by atoms with E-state index in [-0.39, 0.29) is 34.3 Å². The molecule has 1 aromatic rings. The number of nitrogens with one attached hydrogen (secondary N) is 1. The molecule has 1 N–H and O–H groups in total. The van der Waals surface area contributed by atoms with Gasteiger partial charge in [-0.3, -0.25) is 0 Å². The molecule has 2 rings (SSSR count). The smallest absolute Gasteiger partial charge is 0.375 e. The van der Waals surface area contributed by atoms with E-state index in [0.717, 1.165) is 12.8 Å². The molecule has 1 heterocycles. The SMILES string of the molecule is CCN(C(=O)Nc1ccc(SC(F)(F)F)cc1)C1CCOC(C)(C)C1. The molecule has 0 aliphatic carbocycles. The zero-order valence-electron chi connectivity index (χ0n) is 14.5. The molecule has 1 aliphatic heterocycles. The lowest BCUT2D eigenvalue weighted by Crippen LogP contribution is -2.49. The average molecular weight is 376 g/mol. The van der Waals surface area contributed by atoms with Crippen molar-refractivity contribution < 1.29 is 22.7 Å². The highest BCUT2D eigenvalue weighted by atomic mass is 32.2. The van der Waals surface area contributed by atoms with Gasteiger partial charge in [0.1, 0.15) is 0 Å². The Morgan fingerprint density at radius 1 is 1.36 bits per heavy atom. The number of rotatable bonds is 4. The van der Waals surface area contributed by atoms with E-state index >= 15 is 0 Å². The Bertz CT molecular complexity index is 591. The van der Waals surface area contributed by atoms with Gasteiger partial charge < -0.3 is 15.0 Å². The van der Waals surface area contributed by atoms with Gasteiger partial charge in [0, 0.05) is 29.8 Å². The summed E-state index contributed by atoms with van der Waals surface area (Å²) in [5.41, 5.74) is -4.12. The van der Waals surface area contributed by atoms with Crippen molar-refractivity contribution in [3.05, 3.63) is 24.3 Å². The summed E-state index contributed by atoms with van der Waals surface area (Å²) >= 11 is -0.175. The molecule has 1 unspecified atom stereocenters. The normalized spacial score (nSPS) is 20.2. The van der Waals surface area contributed by atoms with Crippen LogP contribution in [0.5, 0.6) is 0 Å². The molecule has 0 saturated carbocycles. The molecule has 0 bridgehead atoms. The molecule has 1 fully saturated rings. The molecule has 25 heavy (non-hydrogen) atoms. The second-order valence-electron chi connectivity index (χ2n) is 6.54. The van der Waals surface area contributed by atoms with Gasteiger partial charge in [0.25, 0.3) is 0 Å². The Morgan fingerprint density at radius 2 is 2.00 bits per heavy atom. The summed E-state index contributed by atoms with van der Waals surface area (Å²) < 4.78 is 42.7. The molecular weight excluding hydrogens is 353 g/mol. The number of urea groups is 1. The van der Waals surface area contributed by atoms with Crippen molar-refractivity contribution in [3.63, 3.8) is 0 Å². The standard InChI is InChI=1S/C17H23F3N2O2S/c1-4-22(13-9-10-24-16(2,3)11-13)15(23)21-12-5-7-14(8-6-12)25-17(18,19)20/h5-8,13H,4,9-11H2,1-3H3,(H,21,23). The number of anilines is 1. The Morgan fingerprint density at radius 3 is 2.52 bits per heavy atom. The molecule has 1 atom stereocenters. The summed E-state index contributed by atoms with van der Waals surface area (Å²) in [4.78, 5) is 14.4. The Labute approximate surface area is 150 Å². The van der Waals surface area contributed by atoms with Crippen LogP contribution in [0, 0.1) is 0 Å². The van der Waals surface area contributed by atoms with Crippen LogP contribution in [0.4, 0.5) is 23.7 Å². The lowest BCUT2D eigenvalue weighted by molar-refractivity contribution is -0.0758. The maximum Gasteiger partial charge on any atom is 0.446 e. The van der Waals surface area contributed by atoms with Gasteiger partial charge in [-0.25, -0.2) is 4.79 Å². The van der Waals surface area contributed by atoms with Gasteiger partial charge in [0.15, 0.2) is 0 Å². The largest absolute Gasteiger partial charge is 0.446 e. The van der Waals surface area contributed by atoms with Crippen LogP contribution < -0.4 is 5.32 Å². The third-order valence-corrected chi connectivity index (χ3v) is 4.79. The van der Waals surface area contributed by atoms with E-state index in [2.05, 4.69) is 5.32 Å². The Balaban J connectivity index is 1.99. The monoisotopic (exact) mass is 376 g/mol. The van der Waals surface area contributed by atoms with E-state index in [4.69, 9.17) is 4.74 Å². The number of carbonyl (C=O) groups excluding carboxylic acids is 1. The maximum atomic E-state index is 12.6. The fraction of sp³-hybridized carbons (Fsp3) is 0.588. The van der Waals surface area contributed by atoms with Crippen LogP contribution in [0.1, 0.15) is 33.6 Å². The van der Waals surface area contributed by atoms with Crippen LogP contribution in [-0.2, 0) is 4.74 Å². The van der Waals surface area contributed by atoms with Gasteiger partial charge in [0.05, 0.1) is 5.60 Å². The third-order valence-electron chi connectivity index (χ3n) is 4.05. The minimum absolute atomic E-state index is 0.0776. The van der Waals surface area contributed by atoms with Crippen molar-refractivity contribution in [2.24, 2.45) is 0 Å². The number of alkyl halides is 3. The summed E-state index contributed by atoms with van der Waals surface area (Å²) in [5.74, 6) is 0. The van der Waals surface area contributed by atoms with Crippen molar-refractivity contribution in [1.29, 1.82) is 0 Å². The number of hydrogen-bond acceptors (Lipinski definition) is 3. The molecule has 1 aliphatic rings. The third kappa shape index (κ3) is 6.11. The van der Waals surface area contributed by atoms with Crippen LogP contribution in [0.3, 0.4) is 0 Å². The number of nitrogens with zero attached hydrogens (tertiary/aromatic N) is 1. The zero-order chi connectivity index (χ0) is 18.7. The maximum absolute atomic E-state index is 12.6. The van der Waals surface area contributed by atoms with Crippen LogP contribution in [0.15, 0.2) is 29.2 Å². The fourth-order valence-electron chi connectivity index (χ4n) is 2.97. The van der Waals surface area contributed by atoms with Crippen molar-refractivity contribution in [1.82, 2.24) is 4.90 Å². The van der Waals surface area contributed by atoms with Gasteiger partial charge in [-0.15, -0.1) is 0 Å². The predicted octanol–water partition coefficient (Wildman–Crippen LogP) is 5.11. The molecule has 0 radical (unpaired) electrons. The quantitative estimate of drug-likeness (QED) is 0.743. The number of benzene rings is 1. The van der Waals surface area contributed by atoms with Gasteiger partial charge in [-0.05, 0) is 69.6 Å². The Hall–Kier alpha value is -1.41. The van der Waals surface area contributed by atoms with Crippen molar-refractivity contribution >= 4 is 23.5 Å². The Kier molecular flexibility index (Phi) is 6.26. The molecular formula is C17H23F3N2O2S. The van der Waals surface area contributed by atoms with Gasteiger partial charge in [-0.2, -0.15) is 13.2 Å². The molecule has 1 saturated heterocycles. The summed E-state index contributed by atoms with van der Waals surface area (Å²) in [6.07, 6.45) is 1.52. The summed E-state index contributed by atoms with van der Waals surface area (Å²) in [6, 6.07) is 5.49. The van der Waals surface area contributed by atoms with E-state index < -0.39 is 5.51 Å². The first-order valence-corrected chi connectivity index (χ1v) is 8.99. The molecule has 4 nitrogen and oxygen atoms in total. The molecule has 8 heteroatoms. The highest BCUT2D eigenvalue weighted by Crippen LogP contribution is 2.37. The minimum atomic E-state index is -4.32. The number of carbonyl (C=O) groups is 1. The lowest BCUT2D eigenvalue weighted by atomic mass is 9.93. The van der Waals surface area contributed by atoms with Crippen molar-refractivity contribution in [2.45, 2.75) is 55.7 Å². The summed E-state index contributed by atoms with van der Waals surface area (Å²) in [6.45, 7) is 7.06. The minimum Gasteiger partial charge on any atom is -0.375 e. The number of ether oxygens (including phenoxy) is 1. The van der Waals surface area contributed by atoms with Gasteiger partial charge in [0.2, 0.25) is 0 Å². The molecule has 0 spiro atoms. The molecule has 2 amide bonds. The van der Waals surface area contributed by atoms with E-state index in [1.165, 1.54) is 24.3 Å². The number of amides is 2. The zero-order valence-corrected chi connectivity index (χ0v) is 15.3. The van der Waals surface area contributed by atoms with Crippen LogP contribution >= 0.6 is 11.8 Å². The highest BCUT2D eigenvalue weighted by Gasteiger charge is 2.34. The van der Waals surface area contributed by atoms with E-state index in [0.29, 0.717) is 18.8 Å². The van der Waals surface area contributed by atoms with E-state index in [9.17, 15) is 18.0 Å². The van der Waals surface area contributed by atoms with Gasteiger partial charge >= 0.3 is 11.5 Å². The second kappa shape index (κ2) is 7.86. The van der Waals surface area contributed by atoms with Crippen molar-refractivity contribution in [2.75, 3.05) is 18.5 Å². The first-order valence-electron chi connectivity index (χ1n) is 8.17. The number of hydrogen-bond donors (Lipinski definition) is 1. The first-order chi connectivity index (χ1) is 11.6. The van der Waals surface area contributed by atoms with Gasteiger partial charge in [-0.1, -0.05) is 0 Å². The van der Waals surface area contributed by atoms with Crippen LogP contribution in [-0.4, -0.2) is 41.2 Å². The lowest BCUT2D eigenvalue weighted by Gasteiger charge is -2.40. The average Bonchev–Trinajstić information content (AvgIpc) is 2.47. The number of halogens is 3. The molecule has 140 valence electrons. The first kappa shape index (κ1) is 19.9. The molecule has 0 aromatic heterocycles. The van der Waals surface area contributed by atoms with Crippen LogP contribution in [0.2, 0.25) is 0 Å². The van der Waals surface area contributed by atoms with E-state index in [1.807, 2.05) is 20.8 Å². The predicted molar refractivity (Wildman–Crippen MR) is 92.8 cm³/mol. The molecule has 1 aromatic carbocycles. The van der Waals surface area contributed by atoms with E-state index in [1.54, 1.807) is 4.90 Å². The highest BCUT2D eigenvalue weighted by molar-refractivity contribution is 8.00. The fourth-order valence-corrected chi connectivity index (χ4v) is 3.51. The van der Waals surface area contributed by atoms with Crippen LogP contribution in [0.25, 0.3) is 0 Å². The topological polar surface area (TPSA) is 41.6 Å². The summed E-state index contributed by atoms with van der Waals surface area (Å²) in [7, 11) is 0. The van der Waals surface area contributed by atoms with Crippen molar-refractivity contribution in [3.8, 4) is 0 Å². The summed E-state index contributed by atoms with van der Waals surface area (Å²) in [5, 5.41) is 2.76.